The van der Waals surface area contributed by atoms with Crippen LogP contribution in [0.1, 0.15) is 36.7 Å². The Labute approximate surface area is 117 Å². The predicted molar refractivity (Wildman–Crippen MR) is 71.3 cm³/mol. The van der Waals surface area contributed by atoms with Gasteiger partial charge in [-0.2, -0.15) is 0 Å². The number of carbonyl (C=O) groups is 2. The molecule has 1 unspecified atom stereocenters. The van der Waals surface area contributed by atoms with Gasteiger partial charge in [-0.25, -0.2) is 10.5 Å². The second-order valence-electron chi connectivity index (χ2n) is 5.04. The summed E-state index contributed by atoms with van der Waals surface area (Å²) in [7, 11) is 0. The van der Waals surface area contributed by atoms with Crippen LogP contribution < -0.4 is 11.3 Å². The molecule has 110 valence electrons. The largest absolute Gasteiger partial charge is 0.341 e. The van der Waals surface area contributed by atoms with Crippen LogP contribution in [0.3, 0.4) is 0 Å². The highest BCUT2D eigenvalue weighted by Crippen LogP contribution is 2.21. The number of hydrazine groups is 1. The zero-order valence-electron chi connectivity index (χ0n) is 11.6. The van der Waals surface area contributed by atoms with Crippen LogP contribution in [0.5, 0.6) is 0 Å². The maximum Gasteiger partial charge on any atom is 0.287 e. The molecule has 8 heteroatoms. The van der Waals surface area contributed by atoms with Gasteiger partial charge < -0.3 is 4.90 Å². The number of hydrogen-bond donors (Lipinski definition) is 2. The number of nitrogen functional groups attached to an aromatic ring is 1. The smallest absolute Gasteiger partial charge is 0.287 e. The Balaban J connectivity index is 1.85. The normalized spacial score (nSPS) is 18.6. The lowest BCUT2D eigenvalue weighted by molar-refractivity contribution is -0.127. The Morgan fingerprint density at radius 3 is 3.05 bits per heavy atom. The molecule has 0 bridgehead atoms. The minimum Gasteiger partial charge on any atom is -0.341 e. The van der Waals surface area contributed by atoms with Crippen molar-refractivity contribution < 1.29 is 9.59 Å². The Hall–Kier alpha value is -1.96. The lowest BCUT2D eigenvalue weighted by Crippen LogP contribution is -2.30. The van der Waals surface area contributed by atoms with Gasteiger partial charge >= 0.3 is 0 Å². The first-order valence-corrected chi connectivity index (χ1v) is 6.83. The maximum atomic E-state index is 11.8. The van der Waals surface area contributed by atoms with E-state index >= 15 is 0 Å². The van der Waals surface area contributed by atoms with E-state index in [2.05, 4.69) is 17.2 Å². The molecule has 1 aliphatic heterocycles. The quantitative estimate of drug-likeness (QED) is 0.416. The summed E-state index contributed by atoms with van der Waals surface area (Å²) in [5.41, 5.74) is 2.17. The van der Waals surface area contributed by atoms with E-state index in [1.165, 1.54) is 6.20 Å². The number of carbonyl (C=O) groups excluding carboxylic acids is 2. The van der Waals surface area contributed by atoms with Gasteiger partial charge in [0.05, 0.1) is 12.7 Å². The summed E-state index contributed by atoms with van der Waals surface area (Å²) in [4.78, 5) is 24.9. The predicted octanol–water partition coefficient (Wildman–Crippen LogP) is -0.470. The molecule has 1 saturated heterocycles. The first kappa shape index (κ1) is 14.4. The fourth-order valence-electron chi connectivity index (χ4n) is 2.48. The van der Waals surface area contributed by atoms with Crippen molar-refractivity contribution in [2.24, 2.45) is 11.8 Å². The van der Waals surface area contributed by atoms with Gasteiger partial charge in [0.2, 0.25) is 5.91 Å². The van der Waals surface area contributed by atoms with Crippen LogP contribution in [0, 0.1) is 5.92 Å². The third-order valence-corrected chi connectivity index (χ3v) is 3.49. The highest BCUT2D eigenvalue weighted by Gasteiger charge is 2.28. The summed E-state index contributed by atoms with van der Waals surface area (Å²) in [6, 6.07) is 0. The molecule has 2 amide bonds. The van der Waals surface area contributed by atoms with Gasteiger partial charge in [-0.3, -0.25) is 15.0 Å². The minimum absolute atomic E-state index is 0.170. The Bertz CT molecular complexity index is 486. The van der Waals surface area contributed by atoms with Crippen LogP contribution in [-0.2, 0) is 11.3 Å². The van der Waals surface area contributed by atoms with E-state index in [1.807, 2.05) is 10.3 Å². The zero-order valence-corrected chi connectivity index (χ0v) is 11.6. The van der Waals surface area contributed by atoms with Crippen molar-refractivity contribution in [3.63, 3.8) is 0 Å². The third-order valence-electron chi connectivity index (χ3n) is 3.49. The molecule has 1 atom stereocenters. The van der Waals surface area contributed by atoms with E-state index in [1.54, 1.807) is 4.68 Å². The number of likely N-dealkylation sites (tertiary alicyclic amines) is 1. The highest BCUT2D eigenvalue weighted by molar-refractivity contribution is 5.91. The number of rotatable bonds is 6. The lowest BCUT2D eigenvalue weighted by atomic mass is 10.0. The van der Waals surface area contributed by atoms with Gasteiger partial charge in [0.15, 0.2) is 5.69 Å². The van der Waals surface area contributed by atoms with Gasteiger partial charge in [0.25, 0.3) is 5.91 Å². The van der Waals surface area contributed by atoms with Crippen molar-refractivity contribution in [3.8, 4) is 0 Å². The number of aromatic nitrogens is 3. The fraction of sp³-hybridized carbons (Fsp3) is 0.667. The van der Waals surface area contributed by atoms with Crippen LogP contribution in [0.25, 0.3) is 0 Å². The van der Waals surface area contributed by atoms with Crippen LogP contribution in [0.15, 0.2) is 6.20 Å². The molecular weight excluding hydrogens is 260 g/mol. The van der Waals surface area contributed by atoms with Crippen molar-refractivity contribution in [3.05, 3.63) is 11.9 Å². The fourth-order valence-corrected chi connectivity index (χ4v) is 2.48. The highest BCUT2D eigenvalue weighted by atomic mass is 16.2. The van der Waals surface area contributed by atoms with Crippen molar-refractivity contribution in [2.75, 3.05) is 13.1 Å². The lowest BCUT2D eigenvalue weighted by Gasteiger charge is -2.16. The number of nitrogens with zero attached hydrogens (tertiary/aromatic N) is 4. The first-order valence-electron chi connectivity index (χ1n) is 6.83. The average Bonchev–Trinajstić information content (AvgIpc) is 3.03. The molecule has 8 nitrogen and oxygen atoms in total. The van der Waals surface area contributed by atoms with Gasteiger partial charge in [0.1, 0.15) is 0 Å². The SMILES string of the molecule is CCCC1CC(=O)N(CCn2cc(C(=O)NN)nn2)C1. The molecule has 0 spiro atoms. The van der Waals surface area contributed by atoms with Gasteiger partial charge in [-0.15, -0.1) is 5.10 Å². The van der Waals surface area contributed by atoms with E-state index in [9.17, 15) is 9.59 Å². The second kappa shape index (κ2) is 6.47. The van der Waals surface area contributed by atoms with E-state index in [0.717, 1.165) is 19.4 Å². The molecule has 2 rings (SSSR count). The van der Waals surface area contributed by atoms with Crippen LogP contribution >= 0.6 is 0 Å². The van der Waals surface area contributed by atoms with Crippen molar-refractivity contribution in [1.29, 1.82) is 0 Å². The molecule has 3 N–H and O–H groups in total. The van der Waals surface area contributed by atoms with Crippen LogP contribution in [-0.4, -0.2) is 44.8 Å². The monoisotopic (exact) mass is 280 g/mol. The molecule has 0 aliphatic carbocycles. The van der Waals surface area contributed by atoms with Crippen LogP contribution in [0.2, 0.25) is 0 Å². The van der Waals surface area contributed by atoms with Crippen molar-refractivity contribution in [2.45, 2.75) is 32.7 Å². The van der Waals surface area contributed by atoms with Gasteiger partial charge in [-0.05, 0) is 12.3 Å². The molecule has 1 aliphatic rings. The standard InChI is InChI=1S/C12H20N6O2/c1-2-3-9-6-11(19)17(7-9)4-5-18-8-10(15-16-18)12(20)14-13/h8-9H,2-7,13H2,1H3,(H,14,20). The molecule has 1 fully saturated rings. The molecule has 1 aromatic rings. The molecule has 0 radical (unpaired) electrons. The number of amides is 2. The van der Waals surface area contributed by atoms with E-state index in [-0.39, 0.29) is 11.6 Å². The second-order valence-corrected chi connectivity index (χ2v) is 5.04. The van der Waals surface area contributed by atoms with E-state index < -0.39 is 5.91 Å². The molecular formula is C12H20N6O2. The first-order chi connectivity index (χ1) is 9.63. The summed E-state index contributed by atoms with van der Waals surface area (Å²) >= 11 is 0. The average molecular weight is 280 g/mol. The molecule has 2 heterocycles. The van der Waals surface area contributed by atoms with E-state index in [4.69, 9.17) is 5.84 Å². The van der Waals surface area contributed by atoms with Gasteiger partial charge in [0, 0.05) is 19.5 Å². The number of hydrogen-bond acceptors (Lipinski definition) is 5. The Morgan fingerprint density at radius 2 is 2.35 bits per heavy atom. The summed E-state index contributed by atoms with van der Waals surface area (Å²) in [6.07, 6.45) is 4.36. The summed E-state index contributed by atoms with van der Waals surface area (Å²) < 4.78 is 1.55. The Kier molecular flexibility index (Phi) is 4.67. The van der Waals surface area contributed by atoms with E-state index in [0.29, 0.717) is 25.4 Å². The minimum atomic E-state index is -0.475. The topological polar surface area (TPSA) is 106 Å². The van der Waals surface area contributed by atoms with Crippen LogP contribution in [0.4, 0.5) is 0 Å². The van der Waals surface area contributed by atoms with Crippen molar-refractivity contribution >= 4 is 11.8 Å². The molecule has 0 saturated carbocycles. The zero-order chi connectivity index (χ0) is 14.5. The van der Waals surface area contributed by atoms with Gasteiger partial charge in [-0.1, -0.05) is 18.6 Å². The number of nitrogens with two attached hydrogens (primary N) is 1. The maximum absolute atomic E-state index is 11.8. The Morgan fingerprint density at radius 1 is 1.55 bits per heavy atom. The molecule has 1 aromatic heterocycles. The molecule has 0 aromatic carbocycles. The summed E-state index contributed by atoms with van der Waals surface area (Å²) in [5.74, 6) is 5.22. The van der Waals surface area contributed by atoms with Crippen molar-refractivity contribution in [1.82, 2.24) is 25.3 Å². The third kappa shape index (κ3) is 3.32. The molecule has 20 heavy (non-hydrogen) atoms. The number of nitrogens with one attached hydrogen (secondary N) is 1. The summed E-state index contributed by atoms with van der Waals surface area (Å²) in [5, 5.41) is 7.55. The summed E-state index contributed by atoms with van der Waals surface area (Å²) in [6.45, 7) is 4.06.